The van der Waals surface area contributed by atoms with Gasteiger partial charge >= 0.3 is 0 Å². The zero-order valence-corrected chi connectivity index (χ0v) is 8.26. The molecule has 1 rings (SSSR count). The van der Waals surface area contributed by atoms with Crippen LogP contribution in [0.4, 0.5) is 0 Å². The summed E-state index contributed by atoms with van der Waals surface area (Å²) in [5, 5.41) is 11.6. The number of piperidine rings is 1. The summed E-state index contributed by atoms with van der Waals surface area (Å²) in [5.74, 6) is 0. The van der Waals surface area contributed by atoms with E-state index in [1.165, 1.54) is 32.4 Å². The van der Waals surface area contributed by atoms with Crippen molar-refractivity contribution in [3.05, 3.63) is 0 Å². The Bertz CT molecular complexity index is 156. The van der Waals surface area contributed by atoms with Gasteiger partial charge in [-0.3, -0.25) is 0 Å². The maximum Gasteiger partial charge on any atom is 0.0635 e. The molecule has 74 valence electrons. The molecule has 1 fully saturated rings. The zero-order valence-electron chi connectivity index (χ0n) is 8.26. The van der Waals surface area contributed by atoms with E-state index in [2.05, 4.69) is 16.3 Å². The standard InChI is InChI=1S/C10H19N3/c11-5-4-6-12-7-10-13-8-2-1-3-9-13/h12H,1-4,6-10H2. The molecule has 0 unspecified atom stereocenters. The van der Waals surface area contributed by atoms with Gasteiger partial charge in [0, 0.05) is 26.1 Å². The van der Waals surface area contributed by atoms with Crippen LogP contribution in [0.15, 0.2) is 0 Å². The van der Waals surface area contributed by atoms with Gasteiger partial charge in [0.1, 0.15) is 0 Å². The Morgan fingerprint density at radius 2 is 1.92 bits per heavy atom. The Morgan fingerprint density at radius 1 is 1.15 bits per heavy atom. The largest absolute Gasteiger partial charge is 0.314 e. The highest BCUT2D eigenvalue weighted by Gasteiger charge is 2.08. The van der Waals surface area contributed by atoms with Crippen molar-refractivity contribution in [2.45, 2.75) is 25.7 Å². The third-order valence-corrected chi connectivity index (χ3v) is 2.47. The molecule has 0 radical (unpaired) electrons. The van der Waals surface area contributed by atoms with E-state index in [1.807, 2.05) is 0 Å². The lowest BCUT2D eigenvalue weighted by atomic mass is 10.1. The first-order valence-electron chi connectivity index (χ1n) is 5.23. The molecule has 0 aromatic rings. The Hall–Kier alpha value is -0.590. The molecule has 1 heterocycles. The molecule has 3 heteroatoms. The predicted octanol–water partition coefficient (Wildman–Crippen LogP) is 0.976. The highest BCUT2D eigenvalue weighted by Crippen LogP contribution is 2.06. The first-order valence-corrected chi connectivity index (χ1v) is 5.23. The Labute approximate surface area is 80.7 Å². The number of hydrogen-bond acceptors (Lipinski definition) is 3. The van der Waals surface area contributed by atoms with Crippen LogP contribution in [0.5, 0.6) is 0 Å². The highest BCUT2D eigenvalue weighted by atomic mass is 15.1. The average Bonchev–Trinajstić information content (AvgIpc) is 2.19. The minimum atomic E-state index is 0.625. The summed E-state index contributed by atoms with van der Waals surface area (Å²) >= 11 is 0. The van der Waals surface area contributed by atoms with Gasteiger partial charge in [-0.2, -0.15) is 5.26 Å². The van der Waals surface area contributed by atoms with E-state index >= 15 is 0 Å². The lowest BCUT2D eigenvalue weighted by Crippen LogP contribution is -2.36. The third kappa shape index (κ3) is 4.87. The van der Waals surface area contributed by atoms with Crippen molar-refractivity contribution in [2.24, 2.45) is 0 Å². The summed E-state index contributed by atoms with van der Waals surface area (Å²) in [5.41, 5.74) is 0. The molecule has 0 amide bonds. The molecule has 1 aliphatic heterocycles. The molecule has 0 aliphatic carbocycles. The van der Waals surface area contributed by atoms with E-state index in [-0.39, 0.29) is 0 Å². The molecule has 0 aromatic carbocycles. The van der Waals surface area contributed by atoms with Gasteiger partial charge < -0.3 is 10.2 Å². The molecule has 1 saturated heterocycles. The number of nitrogens with zero attached hydrogens (tertiary/aromatic N) is 2. The van der Waals surface area contributed by atoms with Gasteiger partial charge in [-0.05, 0) is 25.9 Å². The van der Waals surface area contributed by atoms with E-state index in [0.717, 1.165) is 19.6 Å². The number of nitrogens with one attached hydrogen (secondary N) is 1. The molecular weight excluding hydrogens is 162 g/mol. The predicted molar refractivity (Wildman–Crippen MR) is 53.4 cm³/mol. The fourth-order valence-electron chi connectivity index (χ4n) is 1.69. The summed E-state index contributed by atoms with van der Waals surface area (Å²) in [6, 6.07) is 2.13. The van der Waals surface area contributed by atoms with Crippen LogP contribution in [0.2, 0.25) is 0 Å². The summed E-state index contributed by atoms with van der Waals surface area (Å²) in [4.78, 5) is 2.50. The van der Waals surface area contributed by atoms with E-state index in [4.69, 9.17) is 5.26 Å². The summed E-state index contributed by atoms with van der Waals surface area (Å²) < 4.78 is 0. The maximum absolute atomic E-state index is 8.31. The average molecular weight is 181 g/mol. The van der Waals surface area contributed by atoms with Crippen LogP contribution in [0, 0.1) is 11.3 Å². The van der Waals surface area contributed by atoms with Crippen molar-refractivity contribution in [1.82, 2.24) is 10.2 Å². The number of likely N-dealkylation sites (tertiary alicyclic amines) is 1. The van der Waals surface area contributed by atoms with Crippen LogP contribution in [0.3, 0.4) is 0 Å². The van der Waals surface area contributed by atoms with E-state index < -0.39 is 0 Å². The topological polar surface area (TPSA) is 39.1 Å². The minimum Gasteiger partial charge on any atom is -0.314 e. The Morgan fingerprint density at radius 3 is 2.62 bits per heavy atom. The van der Waals surface area contributed by atoms with Crippen molar-refractivity contribution in [2.75, 3.05) is 32.7 Å². The molecule has 3 nitrogen and oxygen atoms in total. The monoisotopic (exact) mass is 181 g/mol. The second-order valence-electron chi connectivity index (χ2n) is 3.56. The SMILES string of the molecule is N#CCCNCCN1CCCCC1. The third-order valence-electron chi connectivity index (χ3n) is 2.47. The summed E-state index contributed by atoms with van der Waals surface area (Å²) in [6.45, 7) is 5.54. The number of rotatable bonds is 5. The van der Waals surface area contributed by atoms with Crippen molar-refractivity contribution in [3.8, 4) is 6.07 Å². The minimum absolute atomic E-state index is 0.625. The van der Waals surface area contributed by atoms with Gasteiger partial charge in [0.25, 0.3) is 0 Å². The normalized spacial score (nSPS) is 18.4. The van der Waals surface area contributed by atoms with Gasteiger partial charge in [-0.1, -0.05) is 6.42 Å². The van der Waals surface area contributed by atoms with E-state index in [1.54, 1.807) is 0 Å². The van der Waals surface area contributed by atoms with Crippen LogP contribution >= 0.6 is 0 Å². The first-order chi connectivity index (χ1) is 6.43. The molecule has 0 atom stereocenters. The molecule has 1 aliphatic rings. The summed E-state index contributed by atoms with van der Waals surface area (Å²) in [6.07, 6.45) is 4.74. The Kier molecular flexibility index (Phi) is 5.55. The lowest BCUT2D eigenvalue weighted by molar-refractivity contribution is 0.229. The zero-order chi connectivity index (χ0) is 9.36. The highest BCUT2D eigenvalue weighted by molar-refractivity contribution is 4.71. The molecule has 13 heavy (non-hydrogen) atoms. The van der Waals surface area contributed by atoms with Crippen LogP contribution in [-0.4, -0.2) is 37.6 Å². The number of nitriles is 1. The van der Waals surface area contributed by atoms with Crippen molar-refractivity contribution in [3.63, 3.8) is 0 Å². The van der Waals surface area contributed by atoms with Gasteiger partial charge in [-0.15, -0.1) is 0 Å². The van der Waals surface area contributed by atoms with Crippen LogP contribution < -0.4 is 5.32 Å². The van der Waals surface area contributed by atoms with E-state index in [9.17, 15) is 0 Å². The van der Waals surface area contributed by atoms with Crippen molar-refractivity contribution in [1.29, 1.82) is 5.26 Å². The van der Waals surface area contributed by atoms with Gasteiger partial charge in [-0.25, -0.2) is 0 Å². The second kappa shape index (κ2) is 6.88. The molecule has 0 aromatic heterocycles. The van der Waals surface area contributed by atoms with Gasteiger partial charge in [0.05, 0.1) is 6.07 Å². The van der Waals surface area contributed by atoms with Gasteiger partial charge in [0.2, 0.25) is 0 Å². The van der Waals surface area contributed by atoms with Crippen molar-refractivity contribution < 1.29 is 0 Å². The van der Waals surface area contributed by atoms with Gasteiger partial charge in [0.15, 0.2) is 0 Å². The number of hydrogen-bond donors (Lipinski definition) is 1. The van der Waals surface area contributed by atoms with Crippen LogP contribution in [-0.2, 0) is 0 Å². The summed E-state index contributed by atoms with van der Waals surface area (Å²) in [7, 11) is 0. The molecule has 0 spiro atoms. The van der Waals surface area contributed by atoms with E-state index in [0.29, 0.717) is 6.42 Å². The quantitative estimate of drug-likeness (QED) is 0.642. The van der Waals surface area contributed by atoms with Crippen LogP contribution in [0.1, 0.15) is 25.7 Å². The van der Waals surface area contributed by atoms with Crippen LogP contribution in [0.25, 0.3) is 0 Å². The fraction of sp³-hybridized carbons (Fsp3) is 0.900. The second-order valence-corrected chi connectivity index (χ2v) is 3.56. The molecule has 0 bridgehead atoms. The molecular formula is C10H19N3. The first kappa shape index (κ1) is 10.5. The maximum atomic E-state index is 8.31. The lowest BCUT2D eigenvalue weighted by Gasteiger charge is -2.26. The molecule has 0 saturated carbocycles. The molecule has 1 N–H and O–H groups in total. The van der Waals surface area contributed by atoms with Crippen molar-refractivity contribution >= 4 is 0 Å². The smallest absolute Gasteiger partial charge is 0.0635 e. The Balaban J connectivity index is 1.90. The fourth-order valence-corrected chi connectivity index (χ4v) is 1.69.